The molecule has 0 unspecified atom stereocenters. The lowest BCUT2D eigenvalue weighted by atomic mass is 10.0. The molecule has 2 aromatic heterocycles. The second-order valence-corrected chi connectivity index (χ2v) is 12.7. The van der Waals surface area contributed by atoms with Gasteiger partial charge in [0.1, 0.15) is 0 Å². The average molecular weight is 618 g/mol. The molecule has 0 amide bonds. The molecule has 220 valence electrons. The van der Waals surface area contributed by atoms with Gasteiger partial charge in [0.2, 0.25) is 0 Å². The van der Waals surface area contributed by atoms with E-state index in [2.05, 4.69) is 152 Å². The van der Waals surface area contributed by atoms with E-state index in [4.69, 9.17) is 15.0 Å². The summed E-state index contributed by atoms with van der Waals surface area (Å²) in [6.45, 7) is 0. The molecule has 9 aromatic rings. The lowest BCUT2D eigenvalue weighted by Crippen LogP contribution is -2.01. The topological polar surface area (TPSA) is 38.7 Å². The first-order valence-electron chi connectivity index (χ1n) is 15.7. The molecule has 3 nitrogen and oxygen atoms in total. The Kier molecular flexibility index (Phi) is 6.65. The molecule has 2 heterocycles. The fraction of sp³-hybridized carbons (Fsp3) is 0. The molecular formula is C43H27N3S. The van der Waals surface area contributed by atoms with Crippen molar-refractivity contribution in [1.82, 2.24) is 15.0 Å². The van der Waals surface area contributed by atoms with Crippen molar-refractivity contribution < 1.29 is 0 Å². The third kappa shape index (κ3) is 4.96. The van der Waals surface area contributed by atoms with Gasteiger partial charge < -0.3 is 0 Å². The van der Waals surface area contributed by atoms with E-state index >= 15 is 0 Å². The molecule has 9 rings (SSSR count). The molecule has 0 radical (unpaired) electrons. The number of fused-ring (bicyclic) bond motifs is 5. The normalized spacial score (nSPS) is 11.4. The van der Waals surface area contributed by atoms with Crippen LogP contribution >= 0.6 is 11.3 Å². The standard InChI is InChI=1S/C43H27N3S/c1-3-12-28(13-4-1)31-17-9-19-33(26-31)41-44-42(34-20-10-18-32(27-34)29-14-5-2-6-15-29)46-43(45-41)37-22-11-16-30-24-25-36-35-21-7-8-23-38(35)47-40(36)39(30)37/h1-27H. The zero-order chi connectivity index (χ0) is 31.2. The van der Waals surface area contributed by atoms with Gasteiger partial charge in [0.05, 0.1) is 0 Å². The van der Waals surface area contributed by atoms with Crippen molar-refractivity contribution >= 4 is 42.3 Å². The van der Waals surface area contributed by atoms with Crippen molar-refractivity contribution in [2.75, 3.05) is 0 Å². The van der Waals surface area contributed by atoms with Gasteiger partial charge in [-0.25, -0.2) is 15.0 Å². The highest BCUT2D eigenvalue weighted by Crippen LogP contribution is 2.42. The highest BCUT2D eigenvalue weighted by Gasteiger charge is 2.18. The number of hydrogen-bond acceptors (Lipinski definition) is 4. The highest BCUT2D eigenvalue weighted by atomic mass is 32.1. The lowest BCUT2D eigenvalue weighted by Gasteiger charge is -2.12. The molecule has 7 aromatic carbocycles. The Hall–Kier alpha value is -5.97. The van der Waals surface area contributed by atoms with E-state index in [0.717, 1.165) is 38.9 Å². The van der Waals surface area contributed by atoms with E-state index in [1.165, 1.54) is 30.9 Å². The highest BCUT2D eigenvalue weighted by molar-refractivity contribution is 7.26. The molecule has 0 bridgehead atoms. The SMILES string of the molecule is c1ccc(-c2cccc(-c3nc(-c4cccc(-c5ccccc5)c4)nc(-c4cccc5ccc6c7ccccc7sc6c45)n3)c2)cc1. The Balaban J connectivity index is 1.29. The molecule has 4 heteroatoms. The molecule has 47 heavy (non-hydrogen) atoms. The van der Waals surface area contributed by atoms with Crippen LogP contribution in [0.2, 0.25) is 0 Å². The van der Waals surface area contributed by atoms with Crippen LogP contribution in [0, 0.1) is 0 Å². The van der Waals surface area contributed by atoms with Crippen molar-refractivity contribution in [2.45, 2.75) is 0 Å². The summed E-state index contributed by atoms with van der Waals surface area (Å²) >= 11 is 1.83. The number of benzene rings is 7. The monoisotopic (exact) mass is 617 g/mol. The maximum Gasteiger partial charge on any atom is 0.164 e. The van der Waals surface area contributed by atoms with E-state index in [1.54, 1.807) is 0 Å². The summed E-state index contributed by atoms with van der Waals surface area (Å²) in [6.07, 6.45) is 0. The minimum atomic E-state index is 0.647. The summed E-state index contributed by atoms with van der Waals surface area (Å²) < 4.78 is 2.53. The van der Waals surface area contributed by atoms with Gasteiger partial charge in [-0.2, -0.15) is 0 Å². The van der Waals surface area contributed by atoms with Gasteiger partial charge >= 0.3 is 0 Å². The number of rotatable bonds is 5. The molecule has 0 fully saturated rings. The third-order valence-electron chi connectivity index (χ3n) is 8.72. The van der Waals surface area contributed by atoms with Crippen LogP contribution < -0.4 is 0 Å². The summed E-state index contributed by atoms with van der Waals surface area (Å²) in [4.78, 5) is 15.5. The molecule has 0 atom stereocenters. The van der Waals surface area contributed by atoms with Crippen molar-refractivity contribution in [1.29, 1.82) is 0 Å². The van der Waals surface area contributed by atoms with Crippen LogP contribution in [0.3, 0.4) is 0 Å². The smallest absolute Gasteiger partial charge is 0.164 e. The summed E-state index contributed by atoms with van der Waals surface area (Å²) in [6, 6.07) is 57.3. The van der Waals surface area contributed by atoms with Crippen LogP contribution in [-0.2, 0) is 0 Å². The van der Waals surface area contributed by atoms with Gasteiger partial charge in [-0.05, 0) is 45.8 Å². The largest absolute Gasteiger partial charge is 0.208 e. The van der Waals surface area contributed by atoms with Crippen molar-refractivity contribution in [3.63, 3.8) is 0 Å². The molecule has 0 saturated carbocycles. The zero-order valence-electron chi connectivity index (χ0n) is 25.3. The average Bonchev–Trinajstić information content (AvgIpc) is 3.54. The Morgan fingerprint density at radius 2 is 0.894 bits per heavy atom. The summed E-state index contributed by atoms with van der Waals surface area (Å²) in [5.74, 6) is 1.96. The predicted octanol–water partition coefficient (Wildman–Crippen LogP) is 11.7. The Labute approximate surface area is 276 Å². The predicted molar refractivity (Wildman–Crippen MR) is 197 cm³/mol. The van der Waals surface area contributed by atoms with Crippen molar-refractivity contribution in [3.8, 4) is 56.4 Å². The van der Waals surface area contributed by atoms with Crippen LogP contribution in [0.5, 0.6) is 0 Å². The van der Waals surface area contributed by atoms with Crippen LogP contribution in [-0.4, -0.2) is 15.0 Å². The molecule has 0 aliphatic rings. The summed E-state index contributed by atoms with van der Waals surface area (Å²) in [5.41, 5.74) is 7.44. The number of nitrogens with zero attached hydrogens (tertiary/aromatic N) is 3. The molecule has 0 aliphatic heterocycles. The molecule has 0 saturated heterocycles. The third-order valence-corrected chi connectivity index (χ3v) is 9.92. The maximum absolute atomic E-state index is 5.21. The Morgan fingerprint density at radius 1 is 0.362 bits per heavy atom. The van der Waals surface area contributed by atoms with Gasteiger partial charge in [0.15, 0.2) is 17.5 Å². The van der Waals surface area contributed by atoms with Gasteiger partial charge in [-0.15, -0.1) is 11.3 Å². The van der Waals surface area contributed by atoms with Crippen LogP contribution in [0.15, 0.2) is 164 Å². The Morgan fingerprint density at radius 3 is 1.55 bits per heavy atom. The molecule has 0 spiro atoms. The van der Waals surface area contributed by atoms with Crippen molar-refractivity contribution in [3.05, 3.63) is 164 Å². The first-order valence-corrected chi connectivity index (χ1v) is 16.5. The van der Waals surface area contributed by atoms with Gasteiger partial charge in [0, 0.05) is 42.2 Å². The second-order valence-electron chi connectivity index (χ2n) is 11.6. The van der Waals surface area contributed by atoms with E-state index in [9.17, 15) is 0 Å². The lowest BCUT2D eigenvalue weighted by molar-refractivity contribution is 1.08. The summed E-state index contributed by atoms with van der Waals surface area (Å²) in [5, 5.41) is 4.87. The second kappa shape index (κ2) is 11.4. The number of thiophene rings is 1. The zero-order valence-corrected chi connectivity index (χ0v) is 26.2. The maximum atomic E-state index is 5.21. The van der Waals surface area contributed by atoms with E-state index in [1.807, 2.05) is 23.5 Å². The van der Waals surface area contributed by atoms with E-state index in [0.29, 0.717) is 17.5 Å². The molecular weight excluding hydrogens is 591 g/mol. The first-order chi connectivity index (χ1) is 23.3. The van der Waals surface area contributed by atoms with Crippen LogP contribution in [0.1, 0.15) is 0 Å². The number of hydrogen-bond donors (Lipinski definition) is 0. The summed E-state index contributed by atoms with van der Waals surface area (Å²) in [7, 11) is 0. The molecule has 0 N–H and O–H groups in total. The van der Waals surface area contributed by atoms with Crippen LogP contribution in [0.25, 0.3) is 87.4 Å². The Bertz CT molecular complexity index is 2470. The van der Waals surface area contributed by atoms with Crippen LogP contribution in [0.4, 0.5) is 0 Å². The number of aromatic nitrogens is 3. The fourth-order valence-corrected chi connectivity index (χ4v) is 7.70. The van der Waals surface area contributed by atoms with Gasteiger partial charge in [-0.1, -0.05) is 146 Å². The quantitative estimate of drug-likeness (QED) is 0.193. The van der Waals surface area contributed by atoms with E-state index in [-0.39, 0.29) is 0 Å². The minimum Gasteiger partial charge on any atom is -0.208 e. The minimum absolute atomic E-state index is 0.647. The molecule has 0 aliphatic carbocycles. The fourth-order valence-electron chi connectivity index (χ4n) is 6.43. The van der Waals surface area contributed by atoms with E-state index < -0.39 is 0 Å². The van der Waals surface area contributed by atoms with Gasteiger partial charge in [-0.3, -0.25) is 0 Å². The first kappa shape index (κ1) is 27.3. The van der Waals surface area contributed by atoms with Gasteiger partial charge in [0.25, 0.3) is 0 Å². The van der Waals surface area contributed by atoms with Crippen molar-refractivity contribution in [2.24, 2.45) is 0 Å².